The van der Waals surface area contributed by atoms with Crippen LogP contribution in [-0.2, 0) is 4.79 Å². The predicted octanol–water partition coefficient (Wildman–Crippen LogP) is 1.65. The van der Waals surface area contributed by atoms with E-state index in [1.807, 2.05) is 13.8 Å². The fourth-order valence-corrected chi connectivity index (χ4v) is 2.20. The molecule has 0 saturated carbocycles. The van der Waals surface area contributed by atoms with Crippen LogP contribution in [0, 0.1) is 5.92 Å². The summed E-state index contributed by atoms with van der Waals surface area (Å²) in [5.41, 5.74) is -4.22. The van der Waals surface area contributed by atoms with Gasteiger partial charge in [0.25, 0.3) is 0 Å². The summed E-state index contributed by atoms with van der Waals surface area (Å²) in [5, 5.41) is 2.99. The third-order valence-electron chi connectivity index (χ3n) is 2.35. The minimum atomic E-state index is -4.22. The van der Waals surface area contributed by atoms with Gasteiger partial charge in [0, 0.05) is 12.3 Å². The Morgan fingerprint density at radius 2 is 2.19 bits per heavy atom. The van der Waals surface area contributed by atoms with Crippen molar-refractivity contribution in [1.29, 1.82) is 0 Å². The van der Waals surface area contributed by atoms with E-state index in [1.165, 1.54) is 4.90 Å². The van der Waals surface area contributed by atoms with Crippen molar-refractivity contribution in [1.82, 2.24) is 10.2 Å². The van der Waals surface area contributed by atoms with Gasteiger partial charge in [-0.15, -0.1) is 0 Å². The van der Waals surface area contributed by atoms with Gasteiger partial charge in [-0.3, -0.25) is 10.1 Å². The summed E-state index contributed by atoms with van der Waals surface area (Å²) in [5.74, 6) is -0.0380. The zero-order valence-electron chi connectivity index (χ0n) is 9.17. The van der Waals surface area contributed by atoms with Gasteiger partial charge in [-0.25, -0.2) is 0 Å². The molecular formula is C9H15F3N2OS. The molecule has 1 aliphatic heterocycles. The Bertz CT molecular complexity index is 258. The van der Waals surface area contributed by atoms with Crippen molar-refractivity contribution < 1.29 is 18.0 Å². The number of nitrogens with zero attached hydrogens (tertiary/aromatic N) is 1. The maximum atomic E-state index is 11.9. The molecule has 16 heavy (non-hydrogen) atoms. The molecule has 0 radical (unpaired) electrons. The van der Waals surface area contributed by atoms with Gasteiger partial charge < -0.3 is 4.90 Å². The smallest absolute Gasteiger partial charge is 0.325 e. The Kier molecular flexibility index (Phi) is 4.49. The van der Waals surface area contributed by atoms with E-state index in [2.05, 4.69) is 5.32 Å². The molecule has 1 rings (SSSR count). The molecule has 1 heterocycles. The van der Waals surface area contributed by atoms with Crippen LogP contribution in [0.5, 0.6) is 0 Å². The molecule has 0 spiro atoms. The van der Waals surface area contributed by atoms with Crippen LogP contribution < -0.4 is 5.32 Å². The van der Waals surface area contributed by atoms with Crippen molar-refractivity contribution in [3.63, 3.8) is 0 Å². The molecule has 0 aromatic rings. The number of thioether (sulfide) groups is 1. The highest BCUT2D eigenvalue weighted by Crippen LogP contribution is 2.30. The average Bonchev–Trinajstić information content (AvgIpc) is 2.46. The van der Waals surface area contributed by atoms with Gasteiger partial charge in [-0.2, -0.15) is 13.2 Å². The normalized spacial score (nSPS) is 22.2. The van der Waals surface area contributed by atoms with Crippen molar-refractivity contribution in [2.45, 2.75) is 25.5 Å². The Morgan fingerprint density at radius 3 is 2.69 bits per heavy atom. The molecule has 1 unspecified atom stereocenters. The molecule has 3 nitrogen and oxygen atoms in total. The number of amides is 1. The molecule has 1 fully saturated rings. The highest BCUT2D eigenvalue weighted by Gasteiger charge is 2.34. The third-order valence-corrected chi connectivity index (χ3v) is 3.06. The van der Waals surface area contributed by atoms with Gasteiger partial charge in [0.1, 0.15) is 0 Å². The Hall–Kier alpha value is -0.430. The van der Waals surface area contributed by atoms with Crippen molar-refractivity contribution in [3.8, 4) is 0 Å². The van der Waals surface area contributed by atoms with E-state index in [4.69, 9.17) is 0 Å². The Balaban J connectivity index is 2.42. The van der Waals surface area contributed by atoms with Crippen molar-refractivity contribution in [2.24, 2.45) is 5.92 Å². The first-order valence-electron chi connectivity index (χ1n) is 5.05. The maximum Gasteiger partial charge on any atom is 0.441 e. The van der Waals surface area contributed by atoms with Gasteiger partial charge in [0.2, 0.25) is 5.91 Å². The zero-order chi connectivity index (χ0) is 12.3. The Labute approximate surface area is 96.7 Å². The lowest BCUT2D eigenvalue weighted by Gasteiger charge is -2.27. The van der Waals surface area contributed by atoms with Crippen LogP contribution in [-0.4, -0.2) is 41.3 Å². The van der Waals surface area contributed by atoms with Gasteiger partial charge in [0.15, 0.2) is 0 Å². The molecule has 7 heteroatoms. The number of alkyl halides is 3. The number of rotatable bonds is 4. The van der Waals surface area contributed by atoms with Crippen LogP contribution in [0.3, 0.4) is 0 Å². The van der Waals surface area contributed by atoms with Crippen molar-refractivity contribution in [3.05, 3.63) is 0 Å². The largest absolute Gasteiger partial charge is 0.441 e. The van der Waals surface area contributed by atoms with E-state index in [9.17, 15) is 18.0 Å². The second kappa shape index (κ2) is 5.27. The molecule has 0 aromatic carbocycles. The molecule has 1 N–H and O–H groups in total. The van der Waals surface area contributed by atoms with Crippen LogP contribution in [0.25, 0.3) is 0 Å². The van der Waals surface area contributed by atoms with Gasteiger partial charge in [-0.05, 0) is 17.7 Å². The SMILES string of the molecule is CC(C)C1NCC(=O)N1CCSC(F)(F)F. The van der Waals surface area contributed by atoms with Crippen molar-refractivity contribution in [2.75, 3.05) is 18.8 Å². The molecule has 0 bridgehead atoms. The van der Waals surface area contributed by atoms with E-state index < -0.39 is 5.51 Å². The molecule has 1 aliphatic rings. The summed E-state index contributed by atoms with van der Waals surface area (Å²) in [6.07, 6.45) is -0.138. The molecular weight excluding hydrogens is 241 g/mol. The zero-order valence-corrected chi connectivity index (χ0v) is 9.99. The standard InChI is InChI=1S/C9H15F3N2OS/c1-6(2)8-13-5-7(15)14(8)3-4-16-9(10,11)12/h6,8,13H,3-5H2,1-2H3. The Morgan fingerprint density at radius 1 is 1.56 bits per heavy atom. The van der Waals surface area contributed by atoms with E-state index in [0.29, 0.717) is 0 Å². The summed E-state index contributed by atoms with van der Waals surface area (Å²) in [6.45, 7) is 4.22. The van der Waals surface area contributed by atoms with Crippen LogP contribution in [0.2, 0.25) is 0 Å². The number of carbonyl (C=O) groups excluding carboxylic acids is 1. The second-order valence-electron chi connectivity index (χ2n) is 3.95. The number of hydrogen-bond acceptors (Lipinski definition) is 3. The van der Waals surface area contributed by atoms with E-state index in [1.54, 1.807) is 0 Å². The second-order valence-corrected chi connectivity index (χ2v) is 5.11. The molecule has 0 aliphatic carbocycles. The summed E-state index contributed by atoms with van der Waals surface area (Å²) >= 11 is -0.0855. The van der Waals surface area contributed by atoms with Gasteiger partial charge in [0.05, 0.1) is 12.7 Å². The van der Waals surface area contributed by atoms with Gasteiger partial charge in [-0.1, -0.05) is 13.8 Å². The van der Waals surface area contributed by atoms with Gasteiger partial charge >= 0.3 is 5.51 Å². The molecule has 94 valence electrons. The van der Waals surface area contributed by atoms with E-state index >= 15 is 0 Å². The quantitative estimate of drug-likeness (QED) is 0.830. The molecule has 1 saturated heterocycles. The lowest BCUT2D eigenvalue weighted by molar-refractivity contribution is -0.128. The van der Waals surface area contributed by atoms with Crippen LogP contribution in [0.1, 0.15) is 13.8 Å². The monoisotopic (exact) mass is 256 g/mol. The van der Waals surface area contributed by atoms with Crippen LogP contribution >= 0.6 is 11.8 Å². The predicted molar refractivity (Wildman–Crippen MR) is 56.9 cm³/mol. The molecule has 1 amide bonds. The maximum absolute atomic E-state index is 11.9. The number of nitrogens with one attached hydrogen (secondary N) is 1. The fourth-order valence-electron chi connectivity index (χ4n) is 1.68. The first-order valence-corrected chi connectivity index (χ1v) is 6.03. The third kappa shape index (κ3) is 3.86. The number of carbonyl (C=O) groups is 1. The minimum absolute atomic E-state index is 0.0855. The lowest BCUT2D eigenvalue weighted by Crippen LogP contribution is -2.42. The lowest BCUT2D eigenvalue weighted by atomic mass is 10.1. The first kappa shape index (κ1) is 13.6. The van der Waals surface area contributed by atoms with Crippen LogP contribution in [0.15, 0.2) is 0 Å². The number of hydrogen-bond donors (Lipinski definition) is 1. The van der Waals surface area contributed by atoms with E-state index in [-0.39, 0.29) is 48.6 Å². The summed E-state index contributed by atoms with van der Waals surface area (Å²) in [4.78, 5) is 12.9. The summed E-state index contributed by atoms with van der Waals surface area (Å²) in [7, 11) is 0. The average molecular weight is 256 g/mol. The first-order chi connectivity index (χ1) is 7.31. The minimum Gasteiger partial charge on any atom is -0.325 e. The summed E-state index contributed by atoms with van der Waals surface area (Å²) in [6, 6.07) is 0. The number of halogens is 3. The fraction of sp³-hybridized carbons (Fsp3) is 0.889. The topological polar surface area (TPSA) is 32.3 Å². The highest BCUT2D eigenvalue weighted by atomic mass is 32.2. The van der Waals surface area contributed by atoms with Crippen LogP contribution in [0.4, 0.5) is 13.2 Å². The molecule has 1 atom stereocenters. The molecule has 0 aromatic heterocycles. The highest BCUT2D eigenvalue weighted by molar-refractivity contribution is 8.00. The van der Waals surface area contributed by atoms with Crippen molar-refractivity contribution >= 4 is 17.7 Å². The van der Waals surface area contributed by atoms with E-state index in [0.717, 1.165) is 0 Å². The summed E-state index contributed by atoms with van der Waals surface area (Å²) < 4.78 is 35.8.